The molecule has 1 heterocycles. The van der Waals surface area contributed by atoms with Gasteiger partial charge in [0.05, 0.1) is 6.26 Å². The molecule has 0 aromatic carbocycles. The van der Waals surface area contributed by atoms with E-state index in [-0.39, 0.29) is 5.78 Å². The smallest absolute Gasteiger partial charge is 0.160 e. The van der Waals surface area contributed by atoms with Crippen LogP contribution in [-0.4, -0.2) is 5.78 Å². The predicted octanol–water partition coefficient (Wildman–Crippen LogP) is 2.19. The molecule has 1 aliphatic rings. The van der Waals surface area contributed by atoms with Gasteiger partial charge in [-0.3, -0.25) is 4.79 Å². The summed E-state index contributed by atoms with van der Waals surface area (Å²) in [6.07, 6.45) is 7.29. The molecule has 1 aliphatic carbocycles. The molecular weight excluding hydrogens is 152 g/mol. The molecule has 2 rings (SSSR count). The zero-order chi connectivity index (χ0) is 8.39. The minimum Gasteiger partial charge on any atom is -0.465 e. The Morgan fingerprint density at radius 1 is 1.42 bits per heavy atom. The highest BCUT2D eigenvalue weighted by Crippen LogP contribution is 2.21. The number of rotatable bonds is 1. The Balaban J connectivity index is 2.31. The number of furan rings is 1. The van der Waals surface area contributed by atoms with Crippen LogP contribution in [0.15, 0.2) is 41.0 Å². The maximum absolute atomic E-state index is 11.0. The summed E-state index contributed by atoms with van der Waals surface area (Å²) in [7, 11) is 0. The standard InChI is InChI=1S/C10H8O2/c11-9-4-1-3-8(7-9)10-5-2-6-12-10/h1-6H,7H2. The van der Waals surface area contributed by atoms with E-state index in [1.165, 1.54) is 0 Å². The summed E-state index contributed by atoms with van der Waals surface area (Å²) >= 11 is 0. The van der Waals surface area contributed by atoms with Crippen molar-refractivity contribution in [3.63, 3.8) is 0 Å². The van der Waals surface area contributed by atoms with Crippen molar-refractivity contribution in [2.24, 2.45) is 0 Å². The molecule has 0 unspecified atom stereocenters. The Morgan fingerprint density at radius 2 is 2.33 bits per heavy atom. The van der Waals surface area contributed by atoms with Crippen LogP contribution < -0.4 is 0 Å². The lowest BCUT2D eigenvalue weighted by Gasteiger charge is -2.03. The van der Waals surface area contributed by atoms with Gasteiger partial charge in [0.15, 0.2) is 5.78 Å². The van der Waals surface area contributed by atoms with E-state index in [9.17, 15) is 4.79 Å². The second-order valence-corrected chi connectivity index (χ2v) is 2.67. The minimum atomic E-state index is 0.129. The lowest BCUT2D eigenvalue weighted by molar-refractivity contribution is -0.113. The van der Waals surface area contributed by atoms with Gasteiger partial charge in [-0.05, 0) is 18.2 Å². The summed E-state index contributed by atoms with van der Waals surface area (Å²) in [5.41, 5.74) is 0.951. The number of hydrogen-bond acceptors (Lipinski definition) is 2. The molecule has 0 spiro atoms. The van der Waals surface area contributed by atoms with Gasteiger partial charge in [0, 0.05) is 12.0 Å². The molecule has 60 valence electrons. The first-order valence-corrected chi connectivity index (χ1v) is 3.80. The highest BCUT2D eigenvalue weighted by molar-refractivity contribution is 5.99. The fourth-order valence-electron chi connectivity index (χ4n) is 1.21. The molecule has 0 radical (unpaired) electrons. The number of hydrogen-bond donors (Lipinski definition) is 0. The maximum Gasteiger partial charge on any atom is 0.160 e. The molecule has 1 aromatic rings. The Morgan fingerprint density at radius 3 is 3.00 bits per heavy atom. The Labute approximate surface area is 70.2 Å². The van der Waals surface area contributed by atoms with E-state index in [0.717, 1.165) is 11.3 Å². The first-order chi connectivity index (χ1) is 5.86. The Kier molecular flexibility index (Phi) is 1.67. The van der Waals surface area contributed by atoms with Gasteiger partial charge < -0.3 is 4.42 Å². The third kappa shape index (κ3) is 1.23. The maximum atomic E-state index is 11.0. The van der Waals surface area contributed by atoms with Gasteiger partial charge in [-0.15, -0.1) is 0 Å². The molecule has 2 heteroatoms. The third-order valence-electron chi connectivity index (χ3n) is 1.78. The van der Waals surface area contributed by atoms with Crippen LogP contribution in [0.25, 0.3) is 5.57 Å². The monoisotopic (exact) mass is 160 g/mol. The number of carbonyl (C=O) groups excluding carboxylic acids is 1. The number of allylic oxidation sites excluding steroid dienone is 4. The van der Waals surface area contributed by atoms with Crippen LogP contribution in [0, 0.1) is 0 Å². The normalized spacial score (nSPS) is 16.3. The van der Waals surface area contributed by atoms with Gasteiger partial charge in [0.25, 0.3) is 0 Å². The van der Waals surface area contributed by atoms with Crippen LogP contribution in [0.3, 0.4) is 0 Å². The molecule has 1 aromatic heterocycles. The molecule has 0 fully saturated rings. The van der Waals surface area contributed by atoms with Crippen LogP contribution in [0.2, 0.25) is 0 Å². The van der Waals surface area contributed by atoms with Crippen LogP contribution >= 0.6 is 0 Å². The van der Waals surface area contributed by atoms with E-state index in [2.05, 4.69) is 0 Å². The molecule has 0 N–H and O–H groups in total. The van der Waals surface area contributed by atoms with Crippen molar-refractivity contribution in [2.45, 2.75) is 6.42 Å². The SMILES string of the molecule is O=C1C=CC=C(c2ccco2)C1. The van der Waals surface area contributed by atoms with Crippen molar-refractivity contribution in [1.82, 2.24) is 0 Å². The van der Waals surface area contributed by atoms with E-state index in [0.29, 0.717) is 6.42 Å². The third-order valence-corrected chi connectivity index (χ3v) is 1.78. The first kappa shape index (κ1) is 7.10. The molecule has 2 nitrogen and oxygen atoms in total. The molecule has 0 atom stereocenters. The number of carbonyl (C=O) groups is 1. The summed E-state index contributed by atoms with van der Waals surface area (Å²) in [5.74, 6) is 0.914. The molecule has 0 amide bonds. The van der Waals surface area contributed by atoms with Gasteiger partial charge in [0.1, 0.15) is 5.76 Å². The molecule has 12 heavy (non-hydrogen) atoms. The summed E-state index contributed by atoms with van der Waals surface area (Å²) in [5, 5.41) is 0. The Hall–Kier alpha value is -1.57. The van der Waals surface area contributed by atoms with E-state index < -0.39 is 0 Å². The van der Waals surface area contributed by atoms with E-state index in [4.69, 9.17) is 4.42 Å². The van der Waals surface area contributed by atoms with Crippen molar-refractivity contribution in [3.05, 3.63) is 42.4 Å². The first-order valence-electron chi connectivity index (χ1n) is 3.80. The van der Waals surface area contributed by atoms with Crippen molar-refractivity contribution in [2.75, 3.05) is 0 Å². The van der Waals surface area contributed by atoms with Crippen molar-refractivity contribution < 1.29 is 9.21 Å². The van der Waals surface area contributed by atoms with E-state index in [1.54, 1.807) is 18.4 Å². The van der Waals surface area contributed by atoms with Crippen LogP contribution in [-0.2, 0) is 4.79 Å². The minimum absolute atomic E-state index is 0.129. The fourth-order valence-corrected chi connectivity index (χ4v) is 1.21. The quantitative estimate of drug-likeness (QED) is 0.630. The number of ketones is 1. The van der Waals surface area contributed by atoms with Crippen LogP contribution in [0.5, 0.6) is 0 Å². The zero-order valence-corrected chi connectivity index (χ0v) is 6.49. The summed E-state index contributed by atoms with van der Waals surface area (Å²) < 4.78 is 5.17. The average molecular weight is 160 g/mol. The highest BCUT2D eigenvalue weighted by Gasteiger charge is 2.10. The van der Waals surface area contributed by atoms with Crippen LogP contribution in [0.1, 0.15) is 12.2 Å². The van der Waals surface area contributed by atoms with Crippen molar-refractivity contribution in [1.29, 1.82) is 0 Å². The molecule has 0 bridgehead atoms. The molecular formula is C10H8O2. The van der Waals surface area contributed by atoms with Gasteiger partial charge in [-0.25, -0.2) is 0 Å². The summed E-state index contributed by atoms with van der Waals surface area (Å²) in [6, 6.07) is 3.68. The van der Waals surface area contributed by atoms with Gasteiger partial charge in [-0.2, -0.15) is 0 Å². The Bertz CT molecular complexity index is 342. The fraction of sp³-hybridized carbons (Fsp3) is 0.100. The largest absolute Gasteiger partial charge is 0.465 e. The van der Waals surface area contributed by atoms with Gasteiger partial charge >= 0.3 is 0 Å². The molecule has 0 saturated heterocycles. The molecule has 0 aliphatic heterocycles. The lowest BCUT2D eigenvalue weighted by atomic mass is 10.0. The van der Waals surface area contributed by atoms with E-state index >= 15 is 0 Å². The van der Waals surface area contributed by atoms with Gasteiger partial charge in [0.2, 0.25) is 0 Å². The average Bonchev–Trinajstić information content (AvgIpc) is 2.56. The second-order valence-electron chi connectivity index (χ2n) is 2.67. The van der Waals surface area contributed by atoms with Crippen molar-refractivity contribution >= 4 is 11.4 Å². The highest BCUT2D eigenvalue weighted by atomic mass is 16.3. The van der Waals surface area contributed by atoms with Gasteiger partial charge in [-0.1, -0.05) is 12.2 Å². The summed E-state index contributed by atoms with van der Waals surface area (Å²) in [4.78, 5) is 11.0. The summed E-state index contributed by atoms with van der Waals surface area (Å²) in [6.45, 7) is 0. The molecule has 0 saturated carbocycles. The second kappa shape index (κ2) is 2.81. The predicted molar refractivity (Wildman–Crippen MR) is 45.4 cm³/mol. The topological polar surface area (TPSA) is 30.2 Å². The van der Waals surface area contributed by atoms with Crippen LogP contribution in [0.4, 0.5) is 0 Å². The van der Waals surface area contributed by atoms with E-state index in [1.807, 2.05) is 18.2 Å². The zero-order valence-electron chi connectivity index (χ0n) is 6.49. The lowest BCUT2D eigenvalue weighted by Crippen LogP contribution is -1.97. The van der Waals surface area contributed by atoms with Crippen molar-refractivity contribution in [3.8, 4) is 0 Å².